The first-order valence-electron chi connectivity index (χ1n) is 8.73. The number of nitrogens with one attached hydrogen (secondary N) is 2. The summed E-state index contributed by atoms with van der Waals surface area (Å²) in [6.07, 6.45) is 3.33. The molecular weight excluding hydrogens is 302 g/mol. The molecule has 1 aromatic rings. The maximum atomic E-state index is 12.6. The second-order valence-electron chi connectivity index (χ2n) is 8.21. The summed E-state index contributed by atoms with van der Waals surface area (Å²) in [5, 5.41) is 5.89. The number of hydrogen-bond donors (Lipinski definition) is 3. The van der Waals surface area contributed by atoms with E-state index in [1.165, 1.54) is 0 Å². The minimum Gasteiger partial charge on any atom is -0.347 e. The van der Waals surface area contributed by atoms with E-state index < -0.39 is 0 Å². The summed E-state index contributed by atoms with van der Waals surface area (Å²) in [7, 11) is 0. The molecule has 4 atom stereocenters. The molecule has 2 amide bonds. The number of hydrogen-bond acceptors (Lipinski definition) is 3. The average molecular weight is 329 g/mol. The summed E-state index contributed by atoms with van der Waals surface area (Å²) >= 11 is 0. The zero-order valence-electron chi connectivity index (χ0n) is 14.6. The Kier molecular flexibility index (Phi) is 4.38. The fourth-order valence-electron chi connectivity index (χ4n) is 4.10. The normalized spacial score (nSPS) is 28.7. The fraction of sp³-hybridized carbons (Fsp3) is 0.579. The topological polar surface area (TPSA) is 84.2 Å². The number of rotatable bonds is 3. The van der Waals surface area contributed by atoms with Gasteiger partial charge in [0, 0.05) is 22.8 Å². The molecular formula is C19H27N3O2. The minimum absolute atomic E-state index is 0.0110. The molecule has 0 saturated heterocycles. The lowest BCUT2D eigenvalue weighted by Crippen LogP contribution is -2.42. The fourth-order valence-corrected chi connectivity index (χ4v) is 4.10. The van der Waals surface area contributed by atoms with Gasteiger partial charge in [-0.1, -0.05) is 6.07 Å². The first kappa shape index (κ1) is 17.0. The Bertz CT molecular complexity index is 648. The van der Waals surface area contributed by atoms with Gasteiger partial charge in [0.15, 0.2) is 0 Å². The smallest absolute Gasteiger partial charge is 0.251 e. The lowest BCUT2D eigenvalue weighted by Gasteiger charge is -2.27. The molecule has 0 aliphatic heterocycles. The number of carbonyl (C=O) groups is 2. The van der Waals surface area contributed by atoms with Crippen molar-refractivity contribution in [3.05, 3.63) is 29.8 Å². The van der Waals surface area contributed by atoms with Crippen LogP contribution in [0.15, 0.2) is 24.3 Å². The first-order chi connectivity index (χ1) is 11.2. The van der Waals surface area contributed by atoms with E-state index in [1.54, 1.807) is 18.2 Å². The standard InChI is InChI=1S/C19H27N3O2/c1-19(2,3)22-17(23)13-5-4-6-14(10-13)21-18(24)15-11-7-8-12(9-11)16(15)20/h4-6,10-12,15-16H,7-9,20H2,1-3H3,(H,21,24)(H,22,23). The molecule has 4 N–H and O–H groups in total. The molecule has 1 aromatic carbocycles. The number of nitrogens with two attached hydrogens (primary N) is 1. The van der Waals surface area contributed by atoms with Gasteiger partial charge in [0.25, 0.3) is 5.91 Å². The molecule has 0 heterocycles. The third-order valence-corrected chi connectivity index (χ3v) is 5.16. The van der Waals surface area contributed by atoms with Crippen LogP contribution in [0.3, 0.4) is 0 Å². The van der Waals surface area contributed by atoms with E-state index in [0.717, 1.165) is 19.3 Å². The van der Waals surface area contributed by atoms with Crippen molar-refractivity contribution >= 4 is 17.5 Å². The van der Waals surface area contributed by atoms with Crippen LogP contribution in [-0.4, -0.2) is 23.4 Å². The van der Waals surface area contributed by atoms with Gasteiger partial charge < -0.3 is 16.4 Å². The molecule has 5 heteroatoms. The molecule has 2 aliphatic rings. The predicted molar refractivity (Wildman–Crippen MR) is 94.6 cm³/mol. The Morgan fingerprint density at radius 2 is 1.88 bits per heavy atom. The van der Waals surface area contributed by atoms with Crippen LogP contribution in [0.5, 0.6) is 0 Å². The Morgan fingerprint density at radius 3 is 2.50 bits per heavy atom. The van der Waals surface area contributed by atoms with Crippen LogP contribution in [0.1, 0.15) is 50.4 Å². The van der Waals surface area contributed by atoms with E-state index in [-0.39, 0.29) is 29.3 Å². The highest BCUT2D eigenvalue weighted by Crippen LogP contribution is 2.47. The minimum atomic E-state index is -0.299. The first-order valence-corrected chi connectivity index (χ1v) is 8.73. The molecule has 2 fully saturated rings. The van der Waals surface area contributed by atoms with Crippen molar-refractivity contribution in [1.82, 2.24) is 5.32 Å². The van der Waals surface area contributed by atoms with E-state index in [0.29, 0.717) is 23.1 Å². The van der Waals surface area contributed by atoms with Crippen LogP contribution >= 0.6 is 0 Å². The molecule has 2 bridgehead atoms. The quantitative estimate of drug-likeness (QED) is 0.797. The predicted octanol–water partition coefficient (Wildman–Crippen LogP) is 2.53. The highest BCUT2D eigenvalue weighted by Gasteiger charge is 2.49. The molecule has 2 aliphatic carbocycles. The highest BCUT2D eigenvalue weighted by atomic mass is 16.2. The van der Waals surface area contributed by atoms with Gasteiger partial charge in [0.2, 0.25) is 5.91 Å². The van der Waals surface area contributed by atoms with Crippen LogP contribution in [0.2, 0.25) is 0 Å². The largest absolute Gasteiger partial charge is 0.347 e. The maximum Gasteiger partial charge on any atom is 0.251 e. The SMILES string of the molecule is CC(C)(C)NC(=O)c1cccc(NC(=O)C2C3CCC(C3)C2N)c1. The molecule has 2 saturated carbocycles. The Morgan fingerprint density at radius 1 is 1.17 bits per heavy atom. The van der Waals surface area contributed by atoms with Gasteiger partial charge >= 0.3 is 0 Å². The molecule has 4 unspecified atom stereocenters. The third kappa shape index (κ3) is 3.46. The molecule has 24 heavy (non-hydrogen) atoms. The number of fused-ring (bicyclic) bond motifs is 2. The molecule has 0 radical (unpaired) electrons. The van der Waals surface area contributed by atoms with Gasteiger partial charge in [-0.05, 0) is 70.1 Å². The average Bonchev–Trinajstić information content (AvgIpc) is 3.06. The zero-order valence-corrected chi connectivity index (χ0v) is 14.6. The summed E-state index contributed by atoms with van der Waals surface area (Å²) in [4.78, 5) is 24.9. The van der Waals surface area contributed by atoms with Crippen LogP contribution in [0, 0.1) is 17.8 Å². The van der Waals surface area contributed by atoms with Gasteiger partial charge in [-0.2, -0.15) is 0 Å². The number of amides is 2. The third-order valence-electron chi connectivity index (χ3n) is 5.16. The zero-order chi connectivity index (χ0) is 17.5. The van der Waals surface area contributed by atoms with Gasteiger partial charge in [-0.3, -0.25) is 9.59 Å². The Labute approximate surface area is 143 Å². The second-order valence-corrected chi connectivity index (χ2v) is 8.21. The van der Waals surface area contributed by atoms with Crippen molar-refractivity contribution in [3.8, 4) is 0 Å². The van der Waals surface area contributed by atoms with Crippen LogP contribution < -0.4 is 16.4 Å². The molecule has 0 spiro atoms. The summed E-state index contributed by atoms with van der Waals surface area (Å²) in [5.74, 6) is 0.654. The lowest BCUT2D eigenvalue weighted by molar-refractivity contribution is -0.121. The van der Waals surface area contributed by atoms with E-state index in [4.69, 9.17) is 5.73 Å². The van der Waals surface area contributed by atoms with E-state index in [1.807, 2.05) is 26.8 Å². The van der Waals surface area contributed by atoms with Gasteiger partial charge in [0.1, 0.15) is 0 Å². The summed E-state index contributed by atoms with van der Waals surface area (Å²) < 4.78 is 0. The molecule has 0 aromatic heterocycles. The maximum absolute atomic E-state index is 12.6. The van der Waals surface area contributed by atoms with Crippen molar-refractivity contribution in [2.75, 3.05) is 5.32 Å². The monoisotopic (exact) mass is 329 g/mol. The van der Waals surface area contributed by atoms with E-state index in [2.05, 4.69) is 10.6 Å². The van der Waals surface area contributed by atoms with Crippen molar-refractivity contribution in [2.45, 2.75) is 51.6 Å². The summed E-state index contributed by atoms with van der Waals surface area (Å²) in [6, 6.07) is 7.03. The molecule has 130 valence electrons. The van der Waals surface area contributed by atoms with Crippen molar-refractivity contribution in [3.63, 3.8) is 0 Å². The Balaban J connectivity index is 1.69. The van der Waals surface area contributed by atoms with Gasteiger partial charge in [0.05, 0.1) is 5.92 Å². The van der Waals surface area contributed by atoms with Crippen LogP contribution in [0.4, 0.5) is 5.69 Å². The summed E-state index contributed by atoms with van der Waals surface area (Å²) in [6.45, 7) is 5.81. The van der Waals surface area contributed by atoms with Crippen LogP contribution in [-0.2, 0) is 4.79 Å². The highest BCUT2D eigenvalue weighted by molar-refractivity contribution is 5.98. The molecule has 5 nitrogen and oxygen atoms in total. The second kappa shape index (κ2) is 6.20. The van der Waals surface area contributed by atoms with Crippen molar-refractivity contribution in [2.24, 2.45) is 23.5 Å². The number of carbonyl (C=O) groups excluding carboxylic acids is 2. The van der Waals surface area contributed by atoms with Gasteiger partial charge in [-0.25, -0.2) is 0 Å². The summed E-state index contributed by atoms with van der Waals surface area (Å²) in [5.41, 5.74) is 7.13. The van der Waals surface area contributed by atoms with Crippen molar-refractivity contribution in [1.29, 1.82) is 0 Å². The Hall–Kier alpha value is -1.88. The van der Waals surface area contributed by atoms with E-state index >= 15 is 0 Å². The lowest BCUT2D eigenvalue weighted by atomic mass is 9.84. The number of benzene rings is 1. The number of anilines is 1. The molecule has 3 rings (SSSR count). The van der Waals surface area contributed by atoms with Crippen LogP contribution in [0.25, 0.3) is 0 Å². The van der Waals surface area contributed by atoms with Crippen molar-refractivity contribution < 1.29 is 9.59 Å². The van der Waals surface area contributed by atoms with E-state index in [9.17, 15) is 9.59 Å². The van der Waals surface area contributed by atoms with Gasteiger partial charge in [-0.15, -0.1) is 0 Å².